The third-order valence-electron chi connectivity index (χ3n) is 5.63. The zero-order valence-electron chi connectivity index (χ0n) is 12.9. The molecule has 0 unspecified atom stereocenters. The molecule has 0 atom stereocenters. The van der Waals surface area contributed by atoms with Gasteiger partial charge in [0.05, 0.1) is 0 Å². The van der Waals surface area contributed by atoms with Crippen LogP contribution in [-0.4, -0.2) is 28.8 Å². The molecule has 0 aromatic rings. The zero-order valence-corrected chi connectivity index (χ0v) is 12.9. The minimum atomic E-state index is -0.957. The Bertz CT molecular complexity index is 482. The van der Waals surface area contributed by atoms with Gasteiger partial charge in [-0.3, -0.25) is 19.8 Å². The van der Waals surface area contributed by atoms with E-state index in [1.54, 1.807) is 0 Å². The van der Waals surface area contributed by atoms with Crippen LogP contribution >= 0.6 is 0 Å². The van der Waals surface area contributed by atoms with E-state index in [4.69, 9.17) is 0 Å². The van der Waals surface area contributed by atoms with Crippen molar-refractivity contribution in [3.8, 4) is 0 Å². The van der Waals surface area contributed by atoms with Crippen LogP contribution in [0.25, 0.3) is 0 Å². The first-order chi connectivity index (χ1) is 9.86. The second-order valence-corrected chi connectivity index (χ2v) is 7.62. The van der Waals surface area contributed by atoms with Crippen LogP contribution in [0.5, 0.6) is 0 Å². The minimum Gasteiger partial charge on any atom is -0.277 e. The van der Waals surface area contributed by atoms with Gasteiger partial charge in [0, 0.05) is 6.04 Å². The molecule has 1 N–H and O–H groups in total. The summed E-state index contributed by atoms with van der Waals surface area (Å²) in [7, 11) is 0. The summed E-state index contributed by atoms with van der Waals surface area (Å²) in [6.45, 7) is 4.45. The molecule has 1 heterocycles. The van der Waals surface area contributed by atoms with Gasteiger partial charge in [0.2, 0.25) is 11.8 Å². The van der Waals surface area contributed by atoms with Gasteiger partial charge in [-0.05, 0) is 43.9 Å². The van der Waals surface area contributed by atoms with E-state index in [1.807, 2.05) is 0 Å². The van der Waals surface area contributed by atoms with Gasteiger partial charge >= 0.3 is 6.03 Å². The van der Waals surface area contributed by atoms with E-state index in [1.165, 1.54) is 4.90 Å². The molecule has 5 nitrogen and oxygen atoms in total. The number of nitrogens with zero attached hydrogens (tertiary/aromatic N) is 1. The van der Waals surface area contributed by atoms with Crippen LogP contribution in [0.2, 0.25) is 0 Å². The van der Waals surface area contributed by atoms with Gasteiger partial charge in [0.25, 0.3) is 0 Å². The van der Waals surface area contributed by atoms with Gasteiger partial charge in [-0.15, -0.1) is 0 Å². The average Bonchev–Trinajstić information content (AvgIpc) is 2.89. The predicted octanol–water partition coefficient (Wildman–Crippen LogP) is 2.59. The Hall–Kier alpha value is -1.39. The van der Waals surface area contributed by atoms with Gasteiger partial charge in [0.1, 0.15) is 5.41 Å². The third kappa shape index (κ3) is 2.27. The van der Waals surface area contributed by atoms with Gasteiger partial charge in [-0.1, -0.05) is 26.7 Å². The molecule has 0 aromatic heterocycles. The van der Waals surface area contributed by atoms with E-state index in [9.17, 15) is 14.4 Å². The van der Waals surface area contributed by atoms with E-state index in [0.29, 0.717) is 12.8 Å². The molecular formula is C16H24N2O3. The lowest BCUT2D eigenvalue weighted by Crippen LogP contribution is -2.65. The summed E-state index contributed by atoms with van der Waals surface area (Å²) < 4.78 is 0. The molecule has 4 amide bonds. The molecule has 2 aliphatic carbocycles. The maximum atomic E-state index is 12.9. The molecule has 0 radical (unpaired) electrons. The van der Waals surface area contributed by atoms with Crippen molar-refractivity contribution in [3.05, 3.63) is 0 Å². The highest BCUT2D eigenvalue weighted by Gasteiger charge is 2.56. The van der Waals surface area contributed by atoms with Crippen molar-refractivity contribution in [3.63, 3.8) is 0 Å². The monoisotopic (exact) mass is 292 g/mol. The summed E-state index contributed by atoms with van der Waals surface area (Å²) >= 11 is 0. The standard InChI is InChI=1S/C16H24N2O3/c1-15(2)9-5-11(6-10-15)18-13(20)16(7-3-4-8-16)12(19)17-14(18)21/h11H,3-10H2,1-2H3,(H,17,19,21). The fourth-order valence-corrected chi connectivity index (χ4v) is 4.09. The Morgan fingerprint density at radius 1 is 1.00 bits per heavy atom. The number of carbonyl (C=O) groups is 3. The number of hydrogen-bond acceptors (Lipinski definition) is 3. The number of nitrogens with one attached hydrogen (secondary N) is 1. The molecule has 3 fully saturated rings. The molecule has 3 rings (SSSR count). The topological polar surface area (TPSA) is 66.5 Å². The smallest absolute Gasteiger partial charge is 0.277 e. The summed E-state index contributed by atoms with van der Waals surface area (Å²) in [5, 5.41) is 2.44. The fraction of sp³-hybridized carbons (Fsp3) is 0.812. The van der Waals surface area contributed by atoms with Crippen molar-refractivity contribution in [2.45, 2.75) is 71.3 Å². The quantitative estimate of drug-likeness (QED) is 0.755. The molecule has 0 aromatic carbocycles. The van der Waals surface area contributed by atoms with Crippen molar-refractivity contribution >= 4 is 17.8 Å². The highest BCUT2D eigenvalue weighted by molar-refractivity contribution is 6.19. The van der Waals surface area contributed by atoms with Crippen molar-refractivity contribution in [1.29, 1.82) is 0 Å². The van der Waals surface area contributed by atoms with E-state index < -0.39 is 11.4 Å². The normalized spacial score (nSPS) is 29.0. The first-order valence-electron chi connectivity index (χ1n) is 8.05. The lowest BCUT2D eigenvalue weighted by atomic mass is 9.74. The first kappa shape index (κ1) is 14.5. The zero-order chi connectivity index (χ0) is 15.3. The van der Waals surface area contributed by atoms with E-state index in [-0.39, 0.29) is 23.3 Å². The largest absolute Gasteiger partial charge is 0.331 e. The number of hydrogen-bond donors (Lipinski definition) is 1. The SMILES string of the molecule is CC1(C)CCC(N2C(=O)NC(=O)C3(CCCC3)C2=O)CC1. The van der Waals surface area contributed by atoms with E-state index in [2.05, 4.69) is 19.2 Å². The Labute approximate surface area is 125 Å². The summed E-state index contributed by atoms with van der Waals surface area (Å²) in [5.74, 6) is -0.610. The summed E-state index contributed by atoms with van der Waals surface area (Å²) in [6, 6.07) is -0.552. The van der Waals surface area contributed by atoms with E-state index >= 15 is 0 Å². The molecule has 1 aliphatic heterocycles. The maximum Gasteiger partial charge on any atom is 0.331 e. The summed E-state index contributed by atoms with van der Waals surface area (Å²) in [6.07, 6.45) is 6.65. The lowest BCUT2D eigenvalue weighted by Gasteiger charge is -2.44. The van der Waals surface area contributed by atoms with Crippen molar-refractivity contribution in [2.24, 2.45) is 10.8 Å². The first-order valence-corrected chi connectivity index (χ1v) is 8.05. The molecule has 21 heavy (non-hydrogen) atoms. The number of urea groups is 1. The van der Waals surface area contributed by atoms with Gasteiger partial charge in [0.15, 0.2) is 0 Å². The van der Waals surface area contributed by atoms with Crippen LogP contribution < -0.4 is 5.32 Å². The second kappa shape index (κ2) is 4.82. The molecule has 2 saturated carbocycles. The Kier molecular flexibility index (Phi) is 3.34. The van der Waals surface area contributed by atoms with Crippen LogP contribution in [-0.2, 0) is 9.59 Å². The summed E-state index contributed by atoms with van der Waals surface area (Å²) in [5.41, 5.74) is -0.673. The molecule has 1 spiro atoms. The molecule has 116 valence electrons. The average molecular weight is 292 g/mol. The molecule has 0 bridgehead atoms. The van der Waals surface area contributed by atoms with Crippen molar-refractivity contribution in [1.82, 2.24) is 10.2 Å². The van der Waals surface area contributed by atoms with Crippen LogP contribution in [0.15, 0.2) is 0 Å². The predicted molar refractivity (Wildman–Crippen MR) is 77.3 cm³/mol. The lowest BCUT2D eigenvalue weighted by molar-refractivity contribution is -0.153. The van der Waals surface area contributed by atoms with E-state index in [0.717, 1.165) is 38.5 Å². The Balaban J connectivity index is 1.83. The van der Waals surface area contributed by atoms with Gasteiger partial charge in [-0.2, -0.15) is 0 Å². The van der Waals surface area contributed by atoms with Crippen LogP contribution in [0.3, 0.4) is 0 Å². The third-order valence-corrected chi connectivity index (χ3v) is 5.63. The molecule has 5 heteroatoms. The number of imide groups is 2. The van der Waals surface area contributed by atoms with Crippen molar-refractivity contribution in [2.75, 3.05) is 0 Å². The van der Waals surface area contributed by atoms with Gasteiger partial charge < -0.3 is 0 Å². The fourth-order valence-electron chi connectivity index (χ4n) is 4.09. The number of amides is 4. The van der Waals surface area contributed by atoms with Gasteiger partial charge in [-0.25, -0.2) is 4.79 Å². The number of carbonyl (C=O) groups excluding carboxylic acids is 3. The minimum absolute atomic E-state index is 0.0453. The second-order valence-electron chi connectivity index (χ2n) is 7.62. The Morgan fingerprint density at radius 2 is 1.57 bits per heavy atom. The molecule has 3 aliphatic rings. The summed E-state index contributed by atoms with van der Waals surface area (Å²) in [4.78, 5) is 38.6. The van der Waals surface area contributed by atoms with Crippen LogP contribution in [0.1, 0.15) is 65.2 Å². The number of barbiturate groups is 1. The molecular weight excluding hydrogens is 268 g/mol. The van der Waals surface area contributed by atoms with Crippen LogP contribution in [0, 0.1) is 10.8 Å². The van der Waals surface area contributed by atoms with Crippen LogP contribution in [0.4, 0.5) is 4.79 Å². The maximum absolute atomic E-state index is 12.9. The number of rotatable bonds is 1. The highest BCUT2D eigenvalue weighted by Crippen LogP contribution is 2.44. The molecule has 1 saturated heterocycles. The highest BCUT2D eigenvalue weighted by atomic mass is 16.2. The van der Waals surface area contributed by atoms with Crippen molar-refractivity contribution < 1.29 is 14.4 Å². The Morgan fingerprint density at radius 3 is 2.14 bits per heavy atom.